The normalized spacial score (nSPS) is 11.6. The molecule has 0 unspecified atom stereocenters. The van der Waals surface area contributed by atoms with Gasteiger partial charge >= 0.3 is 5.97 Å². The van der Waals surface area contributed by atoms with Crippen LogP contribution in [-0.4, -0.2) is 22.5 Å². The first-order valence-corrected chi connectivity index (χ1v) is 5.72. The summed E-state index contributed by atoms with van der Waals surface area (Å²) in [6, 6.07) is 3.94. The lowest BCUT2D eigenvalue weighted by Crippen LogP contribution is -2.40. The standard InChI is InChI=1S/C14H16FNO3/c1-14(2,3)16-13(19)10-6-4-9(8-11(10)15)5-7-12(17)18/h4-8H,1-3H3,(H,16,19)(H,17,18). The zero-order valence-corrected chi connectivity index (χ0v) is 11.0. The Balaban J connectivity index is 2.95. The van der Waals surface area contributed by atoms with Gasteiger partial charge in [0.2, 0.25) is 0 Å². The Kier molecular flexibility index (Phi) is 4.43. The maximum absolute atomic E-state index is 13.8. The second-order valence-electron chi connectivity index (χ2n) is 5.11. The lowest BCUT2D eigenvalue weighted by atomic mass is 10.1. The van der Waals surface area contributed by atoms with Crippen LogP contribution in [0.4, 0.5) is 4.39 Å². The minimum atomic E-state index is -1.12. The molecular weight excluding hydrogens is 249 g/mol. The molecule has 0 heterocycles. The molecule has 0 spiro atoms. The fraction of sp³-hybridized carbons (Fsp3) is 0.286. The first-order chi connectivity index (χ1) is 8.69. The molecule has 0 aliphatic rings. The van der Waals surface area contributed by atoms with Gasteiger partial charge in [0, 0.05) is 11.6 Å². The van der Waals surface area contributed by atoms with Crippen molar-refractivity contribution >= 4 is 18.0 Å². The number of aliphatic carboxylic acids is 1. The van der Waals surface area contributed by atoms with E-state index < -0.39 is 23.2 Å². The molecule has 0 saturated carbocycles. The van der Waals surface area contributed by atoms with Crippen molar-refractivity contribution in [2.24, 2.45) is 0 Å². The van der Waals surface area contributed by atoms with Gasteiger partial charge in [0.15, 0.2) is 0 Å². The van der Waals surface area contributed by atoms with E-state index in [2.05, 4.69) is 5.32 Å². The minimum absolute atomic E-state index is 0.0672. The van der Waals surface area contributed by atoms with Crippen molar-refractivity contribution in [1.82, 2.24) is 5.32 Å². The highest BCUT2D eigenvalue weighted by Crippen LogP contribution is 2.13. The number of halogens is 1. The van der Waals surface area contributed by atoms with Gasteiger partial charge in [-0.1, -0.05) is 6.07 Å². The smallest absolute Gasteiger partial charge is 0.328 e. The van der Waals surface area contributed by atoms with E-state index in [1.54, 1.807) is 20.8 Å². The number of hydrogen-bond acceptors (Lipinski definition) is 2. The number of amides is 1. The van der Waals surface area contributed by atoms with Crippen LogP contribution in [0.1, 0.15) is 36.7 Å². The Morgan fingerprint density at radius 3 is 2.42 bits per heavy atom. The molecule has 2 N–H and O–H groups in total. The van der Waals surface area contributed by atoms with Gasteiger partial charge in [-0.25, -0.2) is 9.18 Å². The topological polar surface area (TPSA) is 66.4 Å². The largest absolute Gasteiger partial charge is 0.478 e. The van der Waals surface area contributed by atoms with E-state index in [9.17, 15) is 14.0 Å². The number of nitrogens with one attached hydrogen (secondary N) is 1. The Labute approximate surface area is 110 Å². The summed E-state index contributed by atoms with van der Waals surface area (Å²) in [5.41, 5.74) is -0.139. The van der Waals surface area contributed by atoms with E-state index >= 15 is 0 Å². The summed E-state index contributed by atoms with van der Waals surface area (Å²) in [4.78, 5) is 22.1. The zero-order valence-electron chi connectivity index (χ0n) is 11.0. The lowest BCUT2D eigenvalue weighted by Gasteiger charge is -2.20. The Morgan fingerprint density at radius 1 is 1.32 bits per heavy atom. The molecule has 1 aromatic rings. The third-order valence-electron chi connectivity index (χ3n) is 2.14. The van der Waals surface area contributed by atoms with E-state index in [0.717, 1.165) is 12.1 Å². The van der Waals surface area contributed by atoms with Crippen LogP contribution >= 0.6 is 0 Å². The maximum atomic E-state index is 13.8. The van der Waals surface area contributed by atoms with Crippen LogP contribution in [0.15, 0.2) is 24.3 Å². The van der Waals surface area contributed by atoms with Crippen LogP contribution in [0.25, 0.3) is 6.08 Å². The van der Waals surface area contributed by atoms with Crippen LogP contribution < -0.4 is 5.32 Å². The average molecular weight is 265 g/mol. The molecule has 0 bridgehead atoms. The van der Waals surface area contributed by atoms with Gasteiger partial charge in [0.1, 0.15) is 5.82 Å². The number of carbonyl (C=O) groups excluding carboxylic acids is 1. The minimum Gasteiger partial charge on any atom is -0.478 e. The number of benzene rings is 1. The van der Waals surface area contributed by atoms with Crippen molar-refractivity contribution < 1.29 is 19.1 Å². The van der Waals surface area contributed by atoms with Gasteiger partial charge in [0.05, 0.1) is 5.56 Å². The van der Waals surface area contributed by atoms with E-state index in [1.807, 2.05) is 0 Å². The number of carbonyl (C=O) groups is 2. The highest BCUT2D eigenvalue weighted by atomic mass is 19.1. The maximum Gasteiger partial charge on any atom is 0.328 e. The van der Waals surface area contributed by atoms with Gasteiger partial charge < -0.3 is 10.4 Å². The Bertz CT molecular complexity index is 530. The van der Waals surface area contributed by atoms with E-state index in [0.29, 0.717) is 5.56 Å². The van der Waals surface area contributed by atoms with Crippen molar-refractivity contribution in [2.45, 2.75) is 26.3 Å². The van der Waals surface area contributed by atoms with Gasteiger partial charge in [-0.15, -0.1) is 0 Å². The third kappa shape index (κ3) is 4.91. The molecule has 0 atom stereocenters. The van der Waals surface area contributed by atoms with E-state index in [-0.39, 0.29) is 5.56 Å². The second-order valence-corrected chi connectivity index (χ2v) is 5.11. The molecule has 0 aliphatic carbocycles. The predicted molar refractivity (Wildman–Crippen MR) is 70.3 cm³/mol. The summed E-state index contributed by atoms with van der Waals surface area (Å²) in [6.07, 6.45) is 2.17. The predicted octanol–water partition coefficient (Wildman–Crippen LogP) is 2.45. The molecule has 5 heteroatoms. The van der Waals surface area contributed by atoms with Crippen LogP contribution in [0.3, 0.4) is 0 Å². The van der Waals surface area contributed by atoms with Crippen molar-refractivity contribution in [3.05, 3.63) is 41.2 Å². The summed E-state index contributed by atoms with van der Waals surface area (Å²) >= 11 is 0. The molecule has 102 valence electrons. The molecule has 0 saturated heterocycles. The van der Waals surface area contributed by atoms with E-state index in [4.69, 9.17) is 5.11 Å². The SMILES string of the molecule is CC(C)(C)NC(=O)c1ccc(C=CC(=O)O)cc1F. The molecule has 0 radical (unpaired) electrons. The molecule has 0 aromatic heterocycles. The number of carboxylic acid groups (broad SMARTS) is 1. The molecule has 0 aliphatic heterocycles. The van der Waals surface area contributed by atoms with Crippen LogP contribution in [0.5, 0.6) is 0 Å². The highest BCUT2D eigenvalue weighted by molar-refractivity contribution is 5.95. The fourth-order valence-electron chi connectivity index (χ4n) is 1.39. The molecule has 1 aromatic carbocycles. The molecule has 1 amide bonds. The van der Waals surface area contributed by atoms with Crippen molar-refractivity contribution in [3.8, 4) is 0 Å². The molecular formula is C14H16FNO3. The highest BCUT2D eigenvalue weighted by Gasteiger charge is 2.18. The fourth-order valence-corrected chi connectivity index (χ4v) is 1.39. The third-order valence-corrected chi connectivity index (χ3v) is 2.14. The summed E-state index contributed by atoms with van der Waals surface area (Å²) in [7, 11) is 0. The first-order valence-electron chi connectivity index (χ1n) is 5.72. The summed E-state index contributed by atoms with van der Waals surface area (Å²) in [5, 5.41) is 11.1. The van der Waals surface area contributed by atoms with Gasteiger partial charge in [-0.3, -0.25) is 4.79 Å². The van der Waals surface area contributed by atoms with Crippen LogP contribution in [-0.2, 0) is 4.79 Å². The Hall–Kier alpha value is -2.17. The molecule has 19 heavy (non-hydrogen) atoms. The molecule has 0 fully saturated rings. The summed E-state index contributed by atoms with van der Waals surface area (Å²) in [6.45, 7) is 5.40. The second kappa shape index (κ2) is 5.65. The van der Waals surface area contributed by atoms with E-state index in [1.165, 1.54) is 18.2 Å². The monoisotopic (exact) mass is 265 g/mol. The molecule has 1 rings (SSSR count). The van der Waals surface area contributed by atoms with Gasteiger partial charge in [-0.05, 0) is 44.5 Å². The van der Waals surface area contributed by atoms with Crippen molar-refractivity contribution in [2.75, 3.05) is 0 Å². The van der Waals surface area contributed by atoms with Crippen molar-refractivity contribution in [1.29, 1.82) is 0 Å². The molecule has 4 nitrogen and oxygen atoms in total. The summed E-state index contributed by atoms with van der Waals surface area (Å²) in [5.74, 6) is -2.30. The van der Waals surface area contributed by atoms with Crippen molar-refractivity contribution in [3.63, 3.8) is 0 Å². The quantitative estimate of drug-likeness (QED) is 0.825. The van der Waals surface area contributed by atoms with Gasteiger partial charge in [-0.2, -0.15) is 0 Å². The average Bonchev–Trinajstić information content (AvgIpc) is 2.23. The number of hydrogen-bond donors (Lipinski definition) is 2. The van der Waals surface area contributed by atoms with Gasteiger partial charge in [0.25, 0.3) is 5.91 Å². The van der Waals surface area contributed by atoms with Crippen LogP contribution in [0.2, 0.25) is 0 Å². The van der Waals surface area contributed by atoms with Crippen LogP contribution in [0, 0.1) is 5.82 Å². The zero-order chi connectivity index (χ0) is 14.6. The Morgan fingerprint density at radius 2 is 1.95 bits per heavy atom. The number of rotatable bonds is 3. The number of carboxylic acids is 1. The summed E-state index contributed by atoms with van der Waals surface area (Å²) < 4.78 is 13.8. The first kappa shape index (κ1) is 14.9. The lowest BCUT2D eigenvalue weighted by molar-refractivity contribution is -0.131.